The molecule has 154 valence electrons. The van der Waals surface area contributed by atoms with E-state index in [1.54, 1.807) is 0 Å². The van der Waals surface area contributed by atoms with Gasteiger partial charge in [0.05, 0.1) is 13.2 Å². The zero-order chi connectivity index (χ0) is 19.3. The van der Waals surface area contributed by atoms with Crippen molar-refractivity contribution < 1.29 is 9.53 Å². The Labute approximate surface area is 168 Å². The molecule has 6 nitrogen and oxygen atoms in total. The van der Waals surface area contributed by atoms with Gasteiger partial charge in [-0.05, 0) is 76.6 Å². The number of carbonyl (C=O) groups is 1. The Hall–Kier alpha value is -1.63. The normalized spacial score (nSPS) is 25.6. The second-order valence-corrected chi connectivity index (χ2v) is 8.49. The minimum atomic E-state index is 0.0590. The summed E-state index contributed by atoms with van der Waals surface area (Å²) in [6.45, 7) is 7.93. The molecule has 0 bridgehead atoms. The first-order chi connectivity index (χ1) is 13.7. The van der Waals surface area contributed by atoms with E-state index in [1.165, 1.54) is 44.6 Å². The van der Waals surface area contributed by atoms with E-state index in [2.05, 4.69) is 39.2 Å². The number of hydrogen-bond donors (Lipinski definition) is 1. The van der Waals surface area contributed by atoms with Crippen LogP contribution in [-0.2, 0) is 4.74 Å². The van der Waals surface area contributed by atoms with Gasteiger partial charge < -0.3 is 19.9 Å². The van der Waals surface area contributed by atoms with Crippen LogP contribution in [0.1, 0.15) is 36.0 Å². The first-order valence-corrected chi connectivity index (χ1v) is 10.9. The number of anilines is 1. The summed E-state index contributed by atoms with van der Waals surface area (Å²) in [6, 6.07) is 8.98. The van der Waals surface area contributed by atoms with Crippen LogP contribution >= 0.6 is 0 Å². The van der Waals surface area contributed by atoms with Gasteiger partial charge in [-0.1, -0.05) is 0 Å². The van der Waals surface area contributed by atoms with E-state index in [-0.39, 0.29) is 11.9 Å². The molecule has 6 heteroatoms. The van der Waals surface area contributed by atoms with E-state index in [4.69, 9.17) is 4.74 Å². The number of morpholine rings is 1. The summed E-state index contributed by atoms with van der Waals surface area (Å²) in [4.78, 5) is 20.1. The molecule has 3 saturated heterocycles. The molecule has 0 aromatic heterocycles. The lowest BCUT2D eigenvalue weighted by molar-refractivity contribution is 0.0766. The Bertz CT molecular complexity index is 636. The van der Waals surface area contributed by atoms with Crippen LogP contribution in [0.5, 0.6) is 0 Å². The van der Waals surface area contributed by atoms with Crippen LogP contribution in [-0.4, -0.2) is 87.3 Å². The maximum Gasteiger partial charge on any atom is 0.251 e. The highest BCUT2D eigenvalue weighted by Crippen LogP contribution is 2.21. The smallest absolute Gasteiger partial charge is 0.251 e. The molecular formula is C22H34N4O2. The highest BCUT2D eigenvalue weighted by molar-refractivity contribution is 5.94. The standard InChI is InChI=1S/C22H34N4O2/c1-24-11-8-21(9-12-24)26-10-2-3-19(17-26)23-22(27)18-4-6-20(7-5-18)25-13-15-28-16-14-25/h4-7,19,21H,2-3,8-17H2,1H3,(H,23,27)/t19-/m0/s1. The highest BCUT2D eigenvalue weighted by Gasteiger charge is 2.28. The van der Waals surface area contributed by atoms with Crippen LogP contribution in [0, 0.1) is 0 Å². The van der Waals surface area contributed by atoms with Crippen LogP contribution < -0.4 is 10.2 Å². The predicted octanol–water partition coefficient (Wildman–Crippen LogP) is 1.81. The average molecular weight is 387 g/mol. The van der Waals surface area contributed by atoms with E-state index in [9.17, 15) is 4.79 Å². The van der Waals surface area contributed by atoms with Gasteiger partial charge in [0.25, 0.3) is 5.91 Å². The fourth-order valence-electron chi connectivity index (χ4n) is 4.73. The zero-order valence-corrected chi connectivity index (χ0v) is 17.1. The summed E-state index contributed by atoms with van der Waals surface area (Å²) < 4.78 is 5.41. The van der Waals surface area contributed by atoms with Gasteiger partial charge in [0, 0.05) is 43.0 Å². The van der Waals surface area contributed by atoms with Crippen molar-refractivity contribution in [3.8, 4) is 0 Å². The topological polar surface area (TPSA) is 48.0 Å². The maximum atomic E-state index is 12.8. The van der Waals surface area contributed by atoms with E-state index in [1.807, 2.05) is 12.1 Å². The lowest BCUT2D eigenvalue weighted by atomic mass is 9.98. The average Bonchev–Trinajstić information content (AvgIpc) is 2.75. The number of likely N-dealkylation sites (tertiary alicyclic amines) is 2. The highest BCUT2D eigenvalue weighted by atomic mass is 16.5. The molecule has 0 spiro atoms. The largest absolute Gasteiger partial charge is 0.378 e. The van der Waals surface area contributed by atoms with Crippen molar-refractivity contribution in [1.82, 2.24) is 15.1 Å². The van der Waals surface area contributed by atoms with Gasteiger partial charge in [-0.3, -0.25) is 9.69 Å². The molecule has 0 saturated carbocycles. The number of ether oxygens (including phenoxy) is 1. The quantitative estimate of drug-likeness (QED) is 0.855. The predicted molar refractivity (Wildman–Crippen MR) is 112 cm³/mol. The molecule has 4 rings (SSSR count). The molecule has 3 heterocycles. The first-order valence-electron chi connectivity index (χ1n) is 10.9. The van der Waals surface area contributed by atoms with Gasteiger partial charge >= 0.3 is 0 Å². The van der Waals surface area contributed by atoms with E-state index < -0.39 is 0 Å². The third kappa shape index (κ3) is 4.85. The second kappa shape index (κ2) is 9.25. The monoisotopic (exact) mass is 386 g/mol. The van der Waals surface area contributed by atoms with Crippen molar-refractivity contribution >= 4 is 11.6 Å². The van der Waals surface area contributed by atoms with Crippen LogP contribution in [0.2, 0.25) is 0 Å². The molecule has 0 aliphatic carbocycles. The molecule has 1 aromatic carbocycles. The molecule has 0 radical (unpaired) electrons. The molecule has 3 fully saturated rings. The van der Waals surface area contributed by atoms with Gasteiger partial charge in [0.2, 0.25) is 0 Å². The summed E-state index contributed by atoms with van der Waals surface area (Å²) in [5.74, 6) is 0.0590. The number of nitrogens with zero attached hydrogens (tertiary/aromatic N) is 3. The number of piperidine rings is 2. The SMILES string of the molecule is CN1CCC(N2CCC[C@H](NC(=O)c3ccc(N4CCOCC4)cc3)C2)CC1. The lowest BCUT2D eigenvalue weighted by Crippen LogP contribution is -2.53. The van der Waals surface area contributed by atoms with Crippen LogP contribution in [0.3, 0.4) is 0 Å². The summed E-state index contributed by atoms with van der Waals surface area (Å²) in [5.41, 5.74) is 1.93. The summed E-state index contributed by atoms with van der Waals surface area (Å²) in [7, 11) is 2.21. The third-order valence-corrected chi connectivity index (χ3v) is 6.50. The number of benzene rings is 1. The fourth-order valence-corrected chi connectivity index (χ4v) is 4.73. The van der Waals surface area contributed by atoms with Crippen LogP contribution in [0.15, 0.2) is 24.3 Å². The van der Waals surface area contributed by atoms with Gasteiger partial charge in [-0.15, -0.1) is 0 Å². The minimum absolute atomic E-state index is 0.0590. The van der Waals surface area contributed by atoms with E-state index >= 15 is 0 Å². The van der Waals surface area contributed by atoms with Gasteiger partial charge in [0.15, 0.2) is 0 Å². The van der Waals surface area contributed by atoms with Gasteiger partial charge in [0.1, 0.15) is 0 Å². The summed E-state index contributed by atoms with van der Waals surface area (Å²) in [6.07, 6.45) is 4.76. The van der Waals surface area contributed by atoms with Crippen molar-refractivity contribution in [2.45, 2.75) is 37.8 Å². The second-order valence-electron chi connectivity index (χ2n) is 8.49. The Balaban J connectivity index is 1.30. The molecule has 3 aliphatic heterocycles. The Kier molecular flexibility index (Phi) is 6.50. The maximum absolute atomic E-state index is 12.8. The minimum Gasteiger partial charge on any atom is -0.378 e. The first kappa shape index (κ1) is 19.7. The number of carbonyl (C=O) groups excluding carboxylic acids is 1. The van der Waals surface area contributed by atoms with Crippen LogP contribution in [0.4, 0.5) is 5.69 Å². The molecule has 1 atom stereocenters. The fraction of sp³-hybridized carbons (Fsp3) is 0.682. The van der Waals surface area contributed by atoms with Crippen molar-refractivity contribution in [2.75, 3.05) is 64.4 Å². The molecular weight excluding hydrogens is 352 g/mol. The number of rotatable bonds is 4. The van der Waals surface area contributed by atoms with Gasteiger partial charge in [-0.25, -0.2) is 0 Å². The van der Waals surface area contributed by atoms with Crippen molar-refractivity contribution in [1.29, 1.82) is 0 Å². The Morgan fingerprint density at radius 3 is 2.43 bits per heavy atom. The van der Waals surface area contributed by atoms with Crippen molar-refractivity contribution in [3.63, 3.8) is 0 Å². The molecule has 1 amide bonds. The molecule has 3 aliphatic rings. The van der Waals surface area contributed by atoms with Crippen LogP contribution in [0.25, 0.3) is 0 Å². The Morgan fingerprint density at radius 1 is 1.00 bits per heavy atom. The number of nitrogens with one attached hydrogen (secondary N) is 1. The number of hydrogen-bond acceptors (Lipinski definition) is 5. The summed E-state index contributed by atoms with van der Waals surface area (Å²) >= 11 is 0. The van der Waals surface area contributed by atoms with Crippen molar-refractivity contribution in [3.05, 3.63) is 29.8 Å². The zero-order valence-electron chi connectivity index (χ0n) is 17.1. The number of amides is 1. The van der Waals surface area contributed by atoms with E-state index in [0.29, 0.717) is 6.04 Å². The molecule has 1 N–H and O–H groups in total. The molecule has 1 aromatic rings. The van der Waals surface area contributed by atoms with E-state index in [0.717, 1.165) is 44.8 Å². The lowest BCUT2D eigenvalue weighted by Gasteiger charge is -2.41. The molecule has 0 unspecified atom stereocenters. The molecule has 28 heavy (non-hydrogen) atoms. The van der Waals surface area contributed by atoms with Gasteiger partial charge in [-0.2, -0.15) is 0 Å². The summed E-state index contributed by atoms with van der Waals surface area (Å²) in [5, 5.41) is 3.29. The van der Waals surface area contributed by atoms with Crippen molar-refractivity contribution in [2.24, 2.45) is 0 Å². The Morgan fingerprint density at radius 2 is 1.71 bits per heavy atom. The third-order valence-electron chi connectivity index (χ3n) is 6.50.